The molecule has 0 fully saturated rings. The van der Waals surface area contributed by atoms with E-state index in [4.69, 9.17) is 23.2 Å². The summed E-state index contributed by atoms with van der Waals surface area (Å²) in [4.78, 5) is 12.5. The molecule has 6 heteroatoms. The molecule has 0 radical (unpaired) electrons. The highest BCUT2D eigenvalue weighted by molar-refractivity contribution is 6.35. The van der Waals surface area contributed by atoms with E-state index in [1.807, 2.05) is 49.7 Å². The topological polar surface area (TPSA) is 46.9 Å². The Morgan fingerprint density at radius 2 is 1.60 bits per heavy atom. The molecular formula is C19H17Cl2N3O. The number of benzene rings is 2. The Morgan fingerprint density at radius 3 is 2.20 bits per heavy atom. The zero-order valence-corrected chi connectivity index (χ0v) is 15.6. The highest BCUT2D eigenvalue weighted by Gasteiger charge is 2.16. The third kappa shape index (κ3) is 3.70. The molecule has 0 spiro atoms. The van der Waals surface area contributed by atoms with Crippen LogP contribution in [0.1, 0.15) is 27.3 Å². The van der Waals surface area contributed by atoms with Gasteiger partial charge in [0, 0.05) is 15.6 Å². The fourth-order valence-corrected chi connectivity index (χ4v) is 3.16. The van der Waals surface area contributed by atoms with Gasteiger partial charge in [-0.05, 0) is 51.1 Å². The molecule has 2 aromatic carbocycles. The van der Waals surface area contributed by atoms with Gasteiger partial charge in [-0.2, -0.15) is 5.10 Å². The molecule has 1 heterocycles. The Labute approximate surface area is 156 Å². The van der Waals surface area contributed by atoms with Crippen LogP contribution in [0, 0.1) is 20.8 Å². The monoisotopic (exact) mass is 373 g/mol. The molecule has 0 saturated heterocycles. The molecule has 3 aromatic rings. The number of rotatable bonds is 3. The number of nitrogens with zero attached hydrogens (tertiary/aromatic N) is 2. The van der Waals surface area contributed by atoms with Gasteiger partial charge >= 0.3 is 0 Å². The van der Waals surface area contributed by atoms with Crippen molar-refractivity contribution in [3.8, 4) is 5.69 Å². The first-order valence-electron chi connectivity index (χ1n) is 7.76. The Balaban J connectivity index is 1.93. The maximum Gasteiger partial charge on any atom is 0.255 e. The Hall–Kier alpha value is -2.30. The summed E-state index contributed by atoms with van der Waals surface area (Å²) in [5.41, 5.74) is 4.79. The number of carbonyl (C=O) groups is 1. The third-order valence-corrected chi connectivity index (χ3v) is 4.37. The van der Waals surface area contributed by atoms with Gasteiger partial charge in [-0.15, -0.1) is 0 Å². The Kier molecular flexibility index (Phi) is 4.84. The third-order valence-electron chi connectivity index (χ3n) is 3.93. The van der Waals surface area contributed by atoms with E-state index in [9.17, 15) is 4.79 Å². The summed E-state index contributed by atoms with van der Waals surface area (Å²) in [5.74, 6) is -0.279. The normalized spacial score (nSPS) is 10.8. The van der Waals surface area contributed by atoms with E-state index in [2.05, 4.69) is 10.4 Å². The highest BCUT2D eigenvalue weighted by Crippen LogP contribution is 2.25. The van der Waals surface area contributed by atoms with E-state index in [0.717, 1.165) is 17.1 Å². The molecule has 0 aliphatic heterocycles. The van der Waals surface area contributed by atoms with Crippen LogP contribution in [-0.4, -0.2) is 15.7 Å². The molecule has 3 rings (SSSR count). The summed E-state index contributed by atoms with van der Waals surface area (Å²) in [6.07, 6.45) is 0. The van der Waals surface area contributed by atoms with Crippen molar-refractivity contribution in [2.75, 3.05) is 5.32 Å². The Bertz CT molecular complexity index is 926. The van der Waals surface area contributed by atoms with E-state index in [1.54, 1.807) is 18.2 Å². The zero-order valence-electron chi connectivity index (χ0n) is 14.1. The lowest BCUT2D eigenvalue weighted by Crippen LogP contribution is -2.13. The van der Waals surface area contributed by atoms with E-state index in [0.29, 0.717) is 21.3 Å². The summed E-state index contributed by atoms with van der Waals surface area (Å²) < 4.78 is 1.81. The first-order chi connectivity index (χ1) is 11.8. The molecule has 0 saturated carbocycles. The van der Waals surface area contributed by atoms with Crippen molar-refractivity contribution in [2.24, 2.45) is 0 Å². The average Bonchev–Trinajstić information content (AvgIpc) is 2.83. The standard InChI is InChI=1S/C19H17Cl2N3O/c1-11-4-6-17(7-5-11)24-13(3)18(12(2)23-24)22-19(25)14-8-15(20)10-16(21)9-14/h4-10H,1-3H3,(H,22,25). The summed E-state index contributed by atoms with van der Waals surface area (Å²) >= 11 is 12.0. The summed E-state index contributed by atoms with van der Waals surface area (Å²) in [5, 5.41) is 8.29. The fraction of sp³-hybridized carbons (Fsp3) is 0.158. The smallest absolute Gasteiger partial charge is 0.255 e. The van der Waals surface area contributed by atoms with Crippen molar-refractivity contribution >= 4 is 34.8 Å². The van der Waals surface area contributed by atoms with Crippen molar-refractivity contribution in [2.45, 2.75) is 20.8 Å². The molecular weight excluding hydrogens is 357 g/mol. The van der Waals surface area contributed by atoms with Crippen LogP contribution in [0.4, 0.5) is 5.69 Å². The van der Waals surface area contributed by atoms with Gasteiger partial charge in [0.25, 0.3) is 5.91 Å². The molecule has 4 nitrogen and oxygen atoms in total. The predicted molar refractivity (Wildman–Crippen MR) is 102 cm³/mol. The molecule has 25 heavy (non-hydrogen) atoms. The Morgan fingerprint density at radius 1 is 1.00 bits per heavy atom. The first-order valence-corrected chi connectivity index (χ1v) is 8.51. The molecule has 1 amide bonds. The van der Waals surface area contributed by atoms with Crippen LogP contribution >= 0.6 is 23.2 Å². The van der Waals surface area contributed by atoms with Crippen molar-refractivity contribution in [1.29, 1.82) is 0 Å². The molecule has 0 unspecified atom stereocenters. The van der Waals surface area contributed by atoms with Crippen molar-refractivity contribution < 1.29 is 4.79 Å². The number of carbonyl (C=O) groups excluding carboxylic acids is 1. The van der Waals surface area contributed by atoms with E-state index < -0.39 is 0 Å². The number of halogens is 2. The second-order valence-corrected chi connectivity index (χ2v) is 6.78. The second kappa shape index (κ2) is 6.90. The van der Waals surface area contributed by atoms with Gasteiger partial charge in [-0.3, -0.25) is 4.79 Å². The molecule has 128 valence electrons. The van der Waals surface area contributed by atoms with Crippen LogP contribution in [-0.2, 0) is 0 Å². The minimum absolute atomic E-state index is 0.279. The van der Waals surface area contributed by atoms with Crippen molar-refractivity contribution in [3.63, 3.8) is 0 Å². The summed E-state index contributed by atoms with van der Waals surface area (Å²) in [6, 6.07) is 12.8. The largest absolute Gasteiger partial charge is 0.319 e. The van der Waals surface area contributed by atoms with E-state index in [1.165, 1.54) is 5.56 Å². The van der Waals surface area contributed by atoms with Crippen molar-refractivity contribution in [3.05, 3.63) is 75.0 Å². The zero-order chi connectivity index (χ0) is 18.1. The number of aryl methyl sites for hydroxylation is 2. The molecule has 0 atom stereocenters. The molecule has 1 N–H and O–H groups in total. The van der Waals surface area contributed by atoms with Gasteiger partial charge in [-0.1, -0.05) is 40.9 Å². The molecule has 0 aliphatic carbocycles. The van der Waals surface area contributed by atoms with Gasteiger partial charge < -0.3 is 5.32 Å². The number of aromatic nitrogens is 2. The van der Waals surface area contributed by atoms with Crippen LogP contribution in [0.5, 0.6) is 0 Å². The summed E-state index contributed by atoms with van der Waals surface area (Å²) in [7, 11) is 0. The predicted octanol–water partition coefficient (Wildman–Crippen LogP) is 5.36. The van der Waals surface area contributed by atoms with Gasteiger partial charge in [0.1, 0.15) is 0 Å². The van der Waals surface area contributed by atoms with Gasteiger partial charge in [0.15, 0.2) is 0 Å². The first kappa shape index (κ1) is 17.5. The number of hydrogen-bond acceptors (Lipinski definition) is 2. The maximum atomic E-state index is 12.5. The van der Waals surface area contributed by atoms with Crippen LogP contribution < -0.4 is 5.32 Å². The van der Waals surface area contributed by atoms with Gasteiger partial charge in [0.2, 0.25) is 0 Å². The number of nitrogens with one attached hydrogen (secondary N) is 1. The van der Waals surface area contributed by atoms with E-state index >= 15 is 0 Å². The summed E-state index contributed by atoms with van der Waals surface area (Å²) in [6.45, 7) is 5.81. The minimum Gasteiger partial charge on any atom is -0.319 e. The molecule has 0 bridgehead atoms. The lowest BCUT2D eigenvalue weighted by molar-refractivity contribution is 0.102. The van der Waals surface area contributed by atoms with E-state index in [-0.39, 0.29) is 5.91 Å². The van der Waals surface area contributed by atoms with Gasteiger partial charge in [0.05, 0.1) is 22.8 Å². The van der Waals surface area contributed by atoms with Crippen LogP contribution in [0.2, 0.25) is 10.0 Å². The molecule has 0 aliphatic rings. The van der Waals surface area contributed by atoms with Gasteiger partial charge in [-0.25, -0.2) is 4.68 Å². The lowest BCUT2D eigenvalue weighted by Gasteiger charge is -2.08. The van der Waals surface area contributed by atoms with Crippen LogP contribution in [0.3, 0.4) is 0 Å². The number of hydrogen-bond donors (Lipinski definition) is 1. The minimum atomic E-state index is -0.279. The lowest BCUT2D eigenvalue weighted by atomic mass is 10.2. The number of anilines is 1. The fourth-order valence-electron chi connectivity index (χ4n) is 2.63. The second-order valence-electron chi connectivity index (χ2n) is 5.91. The highest BCUT2D eigenvalue weighted by atomic mass is 35.5. The number of amides is 1. The quantitative estimate of drug-likeness (QED) is 0.671. The SMILES string of the molecule is Cc1ccc(-n2nc(C)c(NC(=O)c3cc(Cl)cc(Cl)c3)c2C)cc1. The van der Waals surface area contributed by atoms with Crippen LogP contribution in [0.25, 0.3) is 5.69 Å². The van der Waals surface area contributed by atoms with Crippen molar-refractivity contribution in [1.82, 2.24) is 9.78 Å². The van der Waals surface area contributed by atoms with Crippen LogP contribution in [0.15, 0.2) is 42.5 Å². The maximum absolute atomic E-state index is 12.5. The average molecular weight is 374 g/mol. The molecule has 1 aromatic heterocycles.